The molecule has 0 aliphatic rings. The average Bonchev–Trinajstić information content (AvgIpc) is 2.33. The van der Waals surface area contributed by atoms with Crippen LogP contribution in [0.1, 0.15) is 12.5 Å². The molecular formula is C13H19BrN2O3. The molecule has 0 aliphatic heterocycles. The van der Waals surface area contributed by atoms with Crippen LogP contribution < -0.4 is 15.8 Å². The molecule has 0 saturated heterocycles. The fourth-order valence-corrected chi connectivity index (χ4v) is 2.16. The molecule has 0 bridgehead atoms. The van der Waals surface area contributed by atoms with Crippen molar-refractivity contribution in [2.24, 2.45) is 0 Å². The maximum Gasteiger partial charge on any atom is 0.260 e. The summed E-state index contributed by atoms with van der Waals surface area (Å²) in [6.45, 7) is 4.49. The van der Waals surface area contributed by atoms with Gasteiger partial charge in [-0.3, -0.25) is 4.79 Å². The van der Waals surface area contributed by atoms with Crippen LogP contribution in [0.25, 0.3) is 0 Å². The highest BCUT2D eigenvalue weighted by Gasteiger charge is 2.17. The number of benzene rings is 1. The van der Waals surface area contributed by atoms with Crippen LogP contribution in [0.5, 0.6) is 5.75 Å². The molecule has 106 valence electrons. The van der Waals surface area contributed by atoms with Crippen molar-refractivity contribution in [3.63, 3.8) is 0 Å². The van der Waals surface area contributed by atoms with Crippen LogP contribution in [0.3, 0.4) is 0 Å². The van der Waals surface area contributed by atoms with Crippen molar-refractivity contribution in [3.05, 3.63) is 22.2 Å². The van der Waals surface area contributed by atoms with Gasteiger partial charge in [0.2, 0.25) is 0 Å². The molecule has 1 unspecified atom stereocenters. The highest BCUT2D eigenvalue weighted by molar-refractivity contribution is 9.10. The highest BCUT2D eigenvalue weighted by atomic mass is 79.9. The molecule has 1 amide bonds. The van der Waals surface area contributed by atoms with Gasteiger partial charge >= 0.3 is 0 Å². The van der Waals surface area contributed by atoms with Gasteiger partial charge in [-0.1, -0.05) is 15.9 Å². The van der Waals surface area contributed by atoms with E-state index in [9.17, 15) is 4.79 Å². The molecule has 6 heteroatoms. The van der Waals surface area contributed by atoms with Crippen LogP contribution in [0.15, 0.2) is 16.6 Å². The number of aryl methyl sites for hydroxylation is 1. The number of anilines is 1. The van der Waals surface area contributed by atoms with Gasteiger partial charge in [0.1, 0.15) is 5.75 Å². The Bertz CT molecular complexity index is 429. The SMILES string of the molecule is COCCNC(=O)C(C)Oc1c(C)cc(Br)cc1N. The van der Waals surface area contributed by atoms with Gasteiger partial charge in [0.25, 0.3) is 5.91 Å². The van der Waals surface area contributed by atoms with E-state index in [1.807, 2.05) is 13.0 Å². The minimum atomic E-state index is -0.612. The van der Waals surface area contributed by atoms with Gasteiger partial charge in [-0.25, -0.2) is 0 Å². The molecule has 1 rings (SSSR count). The lowest BCUT2D eigenvalue weighted by Gasteiger charge is -2.18. The maximum atomic E-state index is 11.8. The van der Waals surface area contributed by atoms with Crippen molar-refractivity contribution < 1.29 is 14.3 Å². The first-order valence-electron chi connectivity index (χ1n) is 5.94. The third-order valence-corrected chi connectivity index (χ3v) is 3.00. The third kappa shape index (κ3) is 4.72. The number of hydrogen-bond acceptors (Lipinski definition) is 4. The van der Waals surface area contributed by atoms with Gasteiger partial charge in [-0.2, -0.15) is 0 Å². The highest BCUT2D eigenvalue weighted by Crippen LogP contribution is 2.30. The van der Waals surface area contributed by atoms with Crippen LogP contribution >= 0.6 is 15.9 Å². The molecule has 1 atom stereocenters. The van der Waals surface area contributed by atoms with Gasteiger partial charge in [0, 0.05) is 18.1 Å². The molecule has 3 N–H and O–H groups in total. The molecule has 0 saturated carbocycles. The summed E-state index contributed by atoms with van der Waals surface area (Å²) in [5.74, 6) is 0.344. The zero-order valence-corrected chi connectivity index (χ0v) is 12.9. The van der Waals surface area contributed by atoms with E-state index >= 15 is 0 Å². The number of methoxy groups -OCH3 is 1. The smallest absolute Gasteiger partial charge is 0.260 e. The first-order valence-corrected chi connectivity index (χ1v) is 6.74. The number of carbonyl (C=O) groups is 1. The minimum Gasteiger partial charge on any atom is -0.478 e. The third-order valence-electron chi connectivity index (χ3n) is 2.54. The summed E-state index contributed by atoms with van der Waals surface area (Å²) in [6, 6.07) is 3.64. The zero-order chi connectivity index (χ0) is 14.4. The monoisotopic (exact) mass is 330 g/mol. The lowest BCUT2D eigenvalue weighted by atomic mass is 10.2. The predicted octanol–water partition coefficient (Wildman–Crippen LogP) is 1.87. The van der Waals surface area contributed by atoms with Crippen LogP contribution in [0.2, 0.25) is 0 Å². The quantitative estimate of drug-likeness (QED) is 0.616. The first-order chi connectivity index (χ1) is 8.95. The van der Waals surface area contributed by atoms with E-state index in [1.165, 1.54) is 0 Å². The Labute approximate surface area is 121 Å². The Hall–Kier alpha value is -1.27. The van der Waals surface area contributed by atoms with E-state index < -0.39 is 6.10 Å². The van der Waals surface area contributed by atoms with Crippen LogP contribution in [-0.2, 0) is 9.53 Å². The van der Waals surface area contributed by atoms with E-state index in [2.05, 4.69) is 21.2 Å². The fraction of sp³-hybridized carbons (Fsp3) is 0.462. The average molecular weight is 331 g/mol. The molecule has 0 spiro atoms. The van der Waals surface area contributed by atoms with E-state index in [1.54, 1.807) is 20.1 Å². The molecule has 1 aromatic carbocycles. The van der Waals surface area contributed by atoms with Crippen molar-refractivity contribution in [2.45, 2.75) is 20.0 Å². The topological polar surface area (TPSA) is 73.6 Å². The Morgan fingerprint density at radius 2 is 2.21 bits per heavy atom. The first kappa shape index (κ1) is 15.8. The summed E-state index contributed by atoms with van der Waals surface area (Å²) in [5, 5.41) is 2.71. The molecule has 0 aromatic heterocycles. The summed E-state index contributed by atoms with van der Waals surface area (Å²) < 4.78 is 11.4. The lowest BCUT2D eigenvalue weighted by molar-refractivity contribution is -0.127. The number of amides is 1. The standard InChI is InChI=1S/C13H19BrN2O3/c1-8-6-10(14)7-11(15)12(8)19-9(2)13(17)16-4-5-18-3/h6-7,9H,4-5,15H2,1-3H3,(H,16,17). The van der Waals surface area contributed by atoms with Gasteiger partial charge in [0.15, 0.2) is 6.10 Å². The second-order valence-electron chi connectivity index (χ2n) is 4.18. The van der Waals surface area contributed by atoms with E-state index in [4.69, 9.17) is 15.2 Å². The Morgan fingerprint density at radius 1 is 1.53 bits per heavy atom. The van der Waals surface area contributed by atoms with Crippen molar-refractivity contribution in [3.8, 4) is 5.75 Å². The number of hydrogen-bond donors (Lipinski definition) is 2. The van der Waals surface area contributed by atoms with Crippen molar-refractivity contribution in [1.82, 2.24) is 5.32 Å². The van der Waals surface area contributed by atoms with Gasteiger partial charge in [0.05, 0.1) is 12.3 Å². The Morgan fingerprint density at radius 3 is 2.79 bits per heavy atom. The largest absolute Gasteiger partial charge is 0.478 e. The summed E-state index contributed by atoms with van der Waals surface area (Å²) in [6.07, 6.45) is -0.612. The zero-order valence-electron chi connectivity index (χ0n) is 11.3. The molecule has 5 nitrogen and oxygen atoms in total. The number of nitrogens with two attached hydrogens (primary N) is 1. The predicted molar refractivity (Wildman–Crippen MR) is 78.3 cm³/mol. The van der Waals surface area contributed by atoms with Gasteiger partial charge in [-0.15, -0.1) is 0 Å². The fourth-order valence-electron chi connectivity index (χ4n) is 1.57. The second-order valence-corrected chi connectivity index (χ2v) is 5.10. The number of nitrogens with one attached hydrogen (secondary N) is 1. The minimum absolute atomic E-state index is 0.196. The molecule has 0 fully saturated rings. The Kier molecular flexibility index (Phi) is 6.11. The number of carbonyl (C=O) groups excluding carboxylic acids is 1. The van der Waals surface area contributed by atoms with Gasteiger partial charge in [-0.05, 0) is 31.5 Å². The molecule has 0 heterocycles. The summed E-state index contributed by atoms with van der Waals surface area (Å²) >= 11 is 3.36. The van der Waals surface area contributed by atoms with Crippen LogP contribution in [-0.4, -0.2) is 32.3 Å². The molecule has 19 heavy (non-hydrogen) atoms. The van der Waals surface area contributed by atoms with E-state index in [-0.39, 0.29) is 5.91 Å². The maximum absolute atomic E-state index is 11.8. The summed E-state index contributed by atoms with van der Waals surface area (Å²) in [4.78, 5) is 11.8. The normalized spacial score (nSPS) is 12.0. The van der Waals surface area contributed by atoms with Crippen LogP contribution in [0, 0.1) is 6.92 Å². The molecule has 1 aromatic rings. The van der Waals surface area contributed by atoms with Gasteiger partial charge < -0.3 is 20.5 Å². The number of rotatable bonds is 6. The van der Waals surface area contributed by atoms with E-state index in [0.717, 1.165) is 10.0 Å². The number of nitrogen functional groups attached to an aromatic ring is 1. The number of halogens is 1. The number of ether oxygens (including phenoxy) is 2. The summed E-state index contributed by atoms with van der Waals surface area (Å²) in [7, 11) is 1.58. The molecule has 0 radical (unpaired) electrons. The van der Waals surface area contributed by atoms with Crippen molar-refractivity contribution >= 4 is 27.5 Å². The summed E-state index contributed by atoms with van der Waals surface area (Å²) in [5.41, 5.74) is 7.27. The molecular weight excluding hydrogens is 312 g/mol. The Balaban J connectivity index is 2.66. The van der Waals surface area contributed by atoms with Crippen molar-refractivity contribution in [2.75, 3.05) is 26.0 Å². The van der Waals surface area contributed by atoms with E-state index in [0.29, 0.717) is 24.6 Å². The van der Waals surface area contributed by atoms with Crippen LogP contribution in [0.4, 0.5) is 5.69 Å². The van der Waals surface area contributed by atoms with Crippen molar-refractivity contribution in [1.29, 1.82) is 0 Å². The molecule has 0 aliphatic carbocycles. The second kappa shape index (κ2) is 7.35. The lowest BCUT2D eigenvalue weighted by Crippen LogP contribution is -2.38.